The SMILES string of the molecule is CN(CC(F)(F)F)C1CCC(CC#N)([N+]2=NC(NC(=O)C3CC3)=C(C(N)=O)C2)CC1. The molecule has 3 rings (SSSR count). The number of halogens is 3. The molecule has 0 saturated heterocycles. The van der Waals surface area contributed by atoms with Crippen LogP contribution in [0.25, 0.3) is 0 Å². The van der Waals surface area contributed by atoms with E-state index in [1.54, 1.807) is 4.70 Å². The van der Waals surface area contributed by atoms with Gasteiger partial charge in [-0.05, 0) is 32.7 Å². The summed E-state index contributed by atoms with van der Waals surface area (Å²) in [5, 5.41) is 16.5. The summed E-state index contributed by atoms with van der Waals surface area (Å²) in [5.74, 6) is -0.865. The minimum atomic E-state index is -4.27. The highest BCUT2D eigenvalue weighted by molar-refractivity contribution is 5.94. The van der Waals surface area contributed by atoms with Crippen LogP contribution in [0.2, 0.25) is 0 Å². The molecule has 1 heterocycles. The van der Waals surface area contributed by atoms with Crippen molar-refractivity contribution in [3.63, 3.8) is 0 Å². The van der Waals surface area contributed by atoms with Crippen LogP contribution >= 0.6 is 0 Å². The first-order valence-corrected chi connectivity index (χ1v) is 10.0. The Morgan fingerprint density at radius 3 is 2.47 bits per heavy atom. The molecular formula is C19H26F3N6O2+. The Hall–Kier alpha value is -2.48. The fourth-order valence-electron chi connectivity index (χ4n) is 4.24. The quantitative estimate of drug-likeness (QED) is 0.603. The van der Waals surface area contributed by atoms with Gasteiger partial charge in [0.1, 0.15) is 12.0 Å². The van der Waals surface area contributed by atoms with E-state index in [1.807, 2.05) is 0 Å². The van der Waals surface area contributed by atoms with Crippen LogP contribution in [-0.2, 0) is 9.59 Å². The third-order valence-electron chi connectivity index (χ3n) is 6.20. The Balaban J connectivity index is 1.74. The minimum Gasteiger partial charge on any atom is -0.366 e. The normalized spacial score (nSPS) is 27.1. The number of rotatable bonds is 7. The van der Waals surface area contributed by atoms with E-state index in [-0.39, 0.29) is 42.2 Å². The summed E-state index contributed by atoms with van der Waals surface area (Å²) in [6.07, 6.45) is -0.733. The molecule has 2 fully saturated rings. The van der Waals surface area contributed by atoms with Crippen molar-refractivity contribution >= 4 is 11.8 Å². The van der Waals surface area contributed by atoms with Gasteiger partial charge < -0.3 is 11.1 Å². The summed E-state index contributed by atoms with van der Waals surface area (Å²) in [6, 6.07) is 1.90. The van der Waals surface area contributed by atoms with E-state index in [4.69, 9.17) is 5.73 Å². The second-order valence-corrected chi connectivity index (χ2v) is 8.43. The summed E-state index contributed by atoms with van der Waals surface area (Å²) in [7, 11) is 1.45. The number of nitrogens with zero attached hydrogens (tertiary/aromatic N) is 4. The molecule has 2 amide bonds. The highest BCUT2D eigenvalue weighted by atomic mass is 19.4. The Morgan fingerprint density at radius 2 is 1.97 bits per heavy atom. The van der Waals surface area contributed by atoms with Crippen LogP contribution in [0.5, 0.6) is 0 Å². The van der Waals surface area contributed by atoms with Gasteiger partial charge in [-0.3, -0.25) is 14.5 Å². The minimum absolute atomic E-state index is 0.0698. The molecule has 0 aromatic rings. The number of azo groups is 2. The molecule has 3 aliphatic rings. The molecule has 2 aliphatic carbocycles. The van der Waals surface area contributed by atoms with Gasteiger partial charge in [0, 0.05) is 29.9 Å². The van der Waals surface area contributed by atoms with Gasteiger partial charge in [-0.2, -0.15) is 18.4 Å². The van der Waals surface area contributed by atoms with E-state index in [0.717, 1.165) is 12.8 Å². The fraction of sp³-hybridized carbons (Fsp3) is 0.737. The van der Waals surface area contributed by atoms with E-state index in [0.29, 0.717) is 25.7 Å². The second kappa shape index (κ2) is 8.34. The van der Waals surface area contributed by atoms with Crippen molar-refractivity contribution in [2.45, 2.75) is 62.7 Å². The Morgan fingerprint density at radius 1 is 1.33 bits per heavy atom. The molecule has 3 N–H and O–H groups in total. The van der Waals surface area contributed by atoms with Crippen molar-refractivity contribution in [1.29, 1.82) is 5.26 Å². The van der Waals surface area contributed by atoms with Crippen LogP contribution in [0, 0.1) is 17.2 Å². The lowest BCUT2D eigenvalue weighted by molar-refractivity contribution is -0.657. The molecule has 8 nitrogen and oxygen atoms in total. The van der Waals surface area contributed by atoms with Gasteiger partial charge in [-0.25, -0.2) is 0 Å². The van der Waals surface area contributed by atoms with Crippen molar-refractivity contribution in [3.05, 3.63) is 11.4 Å². The number of primary amides is 1. The summed E-state index contributed by atoms with van der Waals surface area (Å²) < 4.78 is 39.8. The van der Waals surface area contributed by atoms with Gasteiger partial charge in [-0.1, -0.05) is 0 Å². The number of nitrogens with one attached hydrogen (secondary N) is 1. The van der Waals surface area contributed by atoms with Crippen LogP contribution in [0.3, 0.4) is 0 Å². The zero-order chi connectivity index (χ0) is 22.1. The van der Waals surface area contributed by atoms with E-state index in [9.17, 15) is 28.0 Å². The third-order valence-corrected chi connectivity index (χ3v) is 6.20. The predicted molar refractivity (Wildman–Crippen MR) is 98.5 cm³/mol. The first-order chi connectivity index (χ1) is 14.0. The molecular weight excluding hydrogens is 401 g/mol. The highest BCUT2D eigenvalue weighted by Gasteiger charge is 2.50. The van der Waals surface area contributed by atoms with E-state index < -0.39 is 24.2 Å². The second-order valence-electron chi connectivity index (χ2n) is 8.43. The molecule has 0 bridgehead atoms. The Labute approximate surface area is 172 Å². The molecule has 11 heteroatoms. The van der Waals surface area contributed by atoms with Crippen LogP contribution < -0.4 is 11.1 Å². The van der Waals surface area contributed by atoms with E-state index >= 15 is 0 Å². The molecule has 164 valence electrons. The van der Waals surface area contributed by atoms with Crippen LogP contribution in [-0.4, -0.2) is 59.3 Å². The lowest BCUT2D eigenvalue weighted by Gasteiger charge is -2.38. The number of carbonyl (C=O) groups excluding carboxylic acids is 2. The molecule has 0 spiro atoms. The molecule has 0 aromatic heterocycles. The van der Waals surface area contributed by atoms with Crippen LogP contribution in [0.1, 0.15) is 44.9 Å². The molecule has 1 aliphatic heterocycles. The largest absolute Gasteiger partial charge is 0.401 e. The maximum absolute atomic E-state index is 12.7. The topological polar surface area (TPSA) is 115 Å². The van der Waals surface area contributed by atoms with Gasteiger partial charge in [0.15, 0.2) is 0 Å². The lowest BCUT2D eigenvalue weighted by Crippen LogP contribution is -2.49. The third kappa shape index (κ3) is 4.98. The average Bonchev–Trinajstić information content (AvgIpc) is 3.41. The molecule has 0 unspecified atom stereocenters. The first-order valence-electron chi connectivity index (χ1n) is 10.0. The molecule has 2 saturated carbocycles. The fourth-order valence-corrected chi connectivity index (χ4v) is 4.24. The number of alkyl halides is 3. The smallest absolute Gasteiger partial charge is 0.366 e. The molecule has 0 radical (unpaired) electrons. The summed E-state index contributed by atoms with van der Waals surface area (Å²) in [4.78, 5) is 25.3. The van der Waals surface area contributed by atoms with Crippen molar-refractivity contribution < 1.29 is 27.5 Å². The number of hydrogen-bond donors (Lipinski definition) is 2. The Kier molecular flexibility index (Phi) is 6.17. The van der Waals surface area contributed by atoms with Crippen molar-refractivity contribution in [3.8, 4) is 6.07 Å². The van der Waals surface area contributed by atoms with Crippen molar-refractivity contribution in [2.75, 3.05) is 20.1 Å². The highest BCUT2D eigenvalue weighted by Crippen LogP contribution is 2.39. The zero-order valence-electron chi connectivity index (χ0n) is 16.8. The number of nitriles is 1. The average molecular weight is 427 g/mol. The zero-order valence-corrected chi connectivity index (χ0v) is 16.8. The summed E-state index contributed by atoms with van der Waals surface area (Å²) >= 11 is 0. The molecule has 0 aromatic carbocycles. The summed E-state index contributed by atoms with van der Waals surface area (Å²) in [5.41, 5.74) is 4.94. The van der Waals surface area contributed by atoms with Gasteiger partial charge in [-0.15, -0.1) is 4.70 Å². The van der Waals surface area contributed by atoms with Crippen LogP contribution in [0.15, 0.2) is 16.5 Å². The van der Waals surface area contributed by atoms with Gasteiger partial charge in [0.05, 0.1) is 12.6 Å². The summed E-state index contributed by atoms with van der Waals surface area (Å²) in [6.45, 7) is -0.915. The molecule has 0 atom stereocenters. The monoisotopic (exact) mass is 427 g/mol. The number of amides is 2. The number of hydrogen-bond acceptors (Lipinski definition) is 5. The van der Waals surface area contributed by atoms with Gasteiger partial charge in [0.25, 0.3) is 5.91 Å². The maximum atomic E-state index is 12.7. The van der Waals surface area contributed by atoms with E-state index in [1.165, 1.54) is 11.9 Å². The van der Waals surface area contributed by atoms with E-state index in [2.05, 4.69) is 16.5 Å². The number of nitrogens with two attached hydrogens (primary N) is 1. The van der Waals surface area contributed by atoms with Crippen LogP contribution in [0.4, 0.5) is 13.2 Å². The van der Waals surface area contributed by atoms with Crippen molar-refractivity contribution in [2.24, 2.45) is 16.8 Å². The Bertz CT molecular complexity index is 817. The predicted octanol–water partition coefficient (Wildman–Crippen LogP) is 1.78. The number of carbonyl (C=O) groups is 2. The lowest BCUT2D eigenvalue weighted by atomic mass is 9.76. The molecule has 30 heavy (non-hydrogen) atoms. The standard InChI is InChI=1S/C19H25F3N6O2/c1-27(11-19(20,21)22)13-4-6-18(7-5-13,8-9-23)28-10-14(15(24)29)16(26-28)25-17(30)12-2-3-12/h12-13H,2-8,10-11H2,1H3,(H2-,24,25,29,30)/p+1. The van der Waals surface area contributed by atoms with Gasteiger partial charge >= 0.3 is 6.18 Å². The van der Waals surface area contributed by atoms with Crippen molar-refractivity contribution in [1.82, 2.24) is 10.2 Å². The first kappa shape index (κ1) is 22.2. The maximum Gasteiger partial charge on any atom is 0.401 e. The van der Waals surface area contributed by atoms with Gasteiger partial charge in [0.2, 0.25) is 23.8 Å².